The summed E-state index contributed by atoms with van der Waals surface area (Å²) in [6.07, 6.45) is -6.79. The Morgan fingerprint density at radius 3 is 2.28 bits per heavy atom. The van der Waals surface area contributed by atoms with Crippen LogP contribution in [0.5, 0.6) is 5.88 Å². The number of anilines is 1. The van der Waals surface area contributed by atoms with E-state index in [1.807, 2.05) is 0 Å². The Balaban J connectivity index is 1.87. The predicted molar refractivity (Wildman–Crippen MR) is 112 cm³/mol. The van der Waals surface area contributed by atoms with E-state index in [1.54, 1.807) is 43.3 Å². The summed E-state index contributed by atoms with van der Waals surface area (Å²) in [4.78, 5) is 18.8. The molecular formula is C22H21F3N4O3. The second kappa shape index (κ2) is 9.23. The zero-order valence-corrected chi connectivity index (χ0v) is 17.0. The average Bonchev–Trinajstić information content (AvgIpc) is 2.72. The standard InChI is InChI=1S/C22H21F3N4O3/c1-12-2-6-15(7-3-12)19(22(23,24)25)32-18-11-17(28-21(27)29-18)14-8-4-13(5-9-14)10-16(26)20(30)31/h2-9,11,16,19H,10,26H2,1H3,(H,30,31)(H2,27,28,29)/t16?,19-/m1/s1. The summed E-state index contributed by atoms with van der Waals surface area (Å²) in [7, 11) is 0. The van der Waals surface area contributed by atoms with Crippen LogP contribution in [0.15, 0.2) is 54.6 Å². The first kappa shape index (κ1) is 23.0. The summed E-state index contributed by atoms with van der Waals surface area (Å²) < 4.78 is 46.2. The highest BCUT2D eigenvalue weighted by Crippen LogP contribution is 2.37. The largest absolute Gasteiger partial charge is 0.480 e. The van der Waals surface area contributed by atoms with E-state index in [9.17, 15) is 18.0 Å². The maximum absolute atomic E-state index is 13.7. The lowest BCUT2D eigenvalue weighted by Gasteiger charge is -2.22. The number of rotatable bonds is 7. The summed E-state index contributed by atoms with van der Waals surface area (Å²) in [5, 5.41) is 8.91. The highest BCUT2D eigenvalue weighted by atomic mass is 19.4. The number of carboxylic acids is 1. The minimum Gasteiger partial charge on any atom is -0.480 e. The normalized spacial score (nSPS) is 13.4. The molecule has 0 saturated carbocycles. The van der Waals surface area contributed by atoms with Gasteiger partial charge in [0.2, 0.25) is 17.9 Å². The molecule has 1 aromatic heterocycles. The number of hydrogen-bond donors (Lipinski definition) is 3. The quantitative estimate of drug-likeness (QED) is 0.506. The molecule has 3 rings (SSSR count). The predicted octanol–water partition coefficient (Wildman–Crippen LogP) is 3.67. The van der Waals surface area contributed by atoms with Crippen LogP contribution in [-0.4, -0.2) is 33.3 Å². The minimum absolute atomic E-state index is 0.0686. The summed E-state index contributed by atoms with van der Waals surface area (Å²) in [5.74, 6) is -1.70. The molecule has 0 aliphatic carbocycles. The fraction of sp³-hybridized carbons (Fsp3) is 0.227. The monoisotopic (exact) mass is 446 g/mol. The molecule has 5 N–H and O–H groups in total. The van der Waals surface area contributed by atoms with Crippen molar-refractivity contribution in [2.75, 3.05) is 5.73 Å². The molecule has 0 fully saturated rings. The smallest absolute Gasteiger partial charge is 0.429 e. The zero-order chi connectivity index (χ0) is 23.5. The number of carboxylic acid groups (broad SMARTS) is 1. The number of nitrogen functional groups attached to an aromatic ring is 1. The molecule has 0 saturated heterocycles. The second-order valence-electron chi connectivity index (χ2n) is 7.25. The van der Waals surface area contributed by atoms with Crippen molar-refractivity contribution >= 4 is 11.9 Å². The molecule has 3 aromatic rings. The Morgan fingerprint density at radius 1 is 1.09 bits per heavy atom. The van der Waals surface area contributed by atoms with Crippen LogP contribution in [0.4, 0.5) is 19.1 Å². The van der Waals surface area contributed by atoms with Gasteiger partial charge < -0.3 is 21.3 Å². The van der Waals surface area contributed by atoms with Gasteiger partial charge in [-0.15, -0.1) is 0 Å². The van der Waals surface area contributed by atoms with E-state index >= 15 is 0 Å². The van der Waals surface area contributed by atoms with Crippen molar-refractivity contribution < 1.29 is 27.8 Å². The van der Waals surface area contributed by atoms with Gasteiger partial charge in [-0.2, -0.15) is 18.2 Å². The van der Waals surface area contributed by atoms with Gasteiger partial charge in [-0.3, -0.25) is 4.79 Å². The molecule has 2 atom stereocenters. The lowest BCUT2D eigenvalue weighted by molar-refractivity contribution is -0.198. The van der Waals surface area contributed by atoms with E-state index in [2.05, 4.69) is 9.97 Å². The number of hydrogen-bond acceptors (Lipinski definition) is 6. The molecule has 0 amide bonds. The number of carbonyl (C=O) groups is 1. The van der Waals surface area contributed by atoms with Gasteiger partial charge in [0.1, 0.15) is 6.04 Å². The van der Waals surface area contributed by atoms with Gasteiger partial charge in [0.05, 0.1) is 5.69 Å². The number of nitrogens with zero attached hydrogens (tertiary/aromatic N) is 2. The molecular weight excluding hydrogens is 425 g/mol. The van der Waals surface area contributed by atoms with E-state index in [0.29, 0.717) is 11.1 Å². The van der Waals surface area contributed by atoms with Crippen molar-refractivity contribution in [3.63, 3.8) is 0 Å². The maximum Gasteiger partial charge on any atom is 0.429 e. The fourth-order valence-corrected chi connectivity index (χ4v) is 2.99. The van der Waals surface area contributed by atoms with Crippen molar-refractivity contribution in [1.82, 2.24) is 9.97 Å². The summed E-state index contributed by atoms with van der Waals surface area (Å²) in [5.41, 5.74) is 13.5. The molecule has 0 spiro atoms. The van der Waals surface area contributed by atoms with Gasteiger partial charge in [-0.05, 0) is 18.9 Å². The number of aromatic nitrogens is 2. The van der Waals surface area contributed by atoms with Crippen LogP contribution in [-0.2, 0) is 11.2 Å². The van der Waals surface area contributed by atoms with Crippen molar-refractivity contribution in [3.05, 3.63) is 71.3 Å². The van der Waals surface area contributed by atoms with Crippen LogP contribution in [0, 0.1) is 6.92 Å². The van der Waals surface area contributed by atoms with E-state index in [4.69, 9.17) is 21.3 Å². The third kappa shape index (κ3) is 5.73. The number of benzene rings is 2. The van der Waals surface area contributed by atoms with Gasteiger partial charge in [-0.25, -0.2) is 4.98 Å². The molecule has 168 valence electrons. The number of ether oxygens (including phenoxy) is 1. The van der Waals surface area contributed by atoms with Crippen molar-refractivity contribution in [3.8, 4) is 17.1 Å². The molecule has 2 aromatic carbocycles. The second-order valence-corrected chi connectivity index (χ2v) is 7.25. The summed E-state index contributed by atoms with van der Waals surface area (Å²) in [6.45, 7) is 1.77. The van der Waals surface area contributed by atoms with Crippen LogP contribution in [0.3, 0.4) is 0 Å². The molecule has 0 bridgehead atoms. The van der Waals surface area contributed by atoms with Gasteiger partial charge in [0.25, 0.3) is 0 Å². The molecule has 32 heavy (non-hydrogen) atoms. The average molecular weight is 446 g/mol. The van der Waals surface area contributed by atoms with E-state index in [0.717, 1.165) is 5.56 Å². The highest BCUT2D eigenvalue weighted by molar-refractivity contribution is 5.73. The van der Waals surface area contributed by atoms with Crippen LogP contribution in [0.2, 0.25) is 0 Å². The third-order valence-electron chi connectivity index (χ3n) is 4.66. The summed E-state index contributed by atoms with van der Waals surface area (Å²) in [6, 6.07) is 12.6. The van der Waals surface area contributed by atoms with Gasteiger partial charge in [-0.1, -0.05) is 54.1 Å². The summed E-state index contributed by atoms with van der Waals surface area (Å²) >= 11 is 0. The Morgan fingerprint density at radius 2 is 1.72 bits per heavy atom. The fourth-order valence-electron chi connectivity index (χ4n) is 2.99. The lowest BCUT2D eigenvalue weighted by atomic mass is 10.0. The maximum atomic E-state index is 13.7. The van der Waals surface area contributed by atoms with Crippen molar-refractivity contribution in [2.45, 2.75) is 31.7 Å². The zero-order valence-electron chi connectivity index (χ0n) is 17.0. The van der Waals surface area contributed by atoms with Crippen LogP contribution in [0.25, 0.3) is 11.3 Å². The Labute approximate surface area is 181 Å². The minimum atomic E-state index is -4.68. The number of halogens is 3. The first-order chi connectivity index (χ1) is 15.0. The Kier molecular flexibility index (Phi) is 6.64. The molecule has 7 nitrogen and oxygen atoms in total. The topological polar surface area (TPSA) is 124 Å². The third-order valence-corrected chi connectivity index (χ3v) is 4.66. The number of aliphatic carboxylic acids is 1. The van der Waals surface area contributed by atoms with E-state index < -0.39 is 24.3 Å². The van der Waals surface area contributed by atoms with Crippen molar-refractivity contribution in [2.24, 2.45) is 5.73 Å². The molecule has 0 aliphatic rings. The molecule has 1 unspecified atom stereocenters. The van der Waals surface area contributed by atoms with Crippen LogP contribution in [0.1, 0.15) is 22.8 Å². The Hall–Kier alpha value is -3.66. The van der Waals surface area contributed by atoms with Crippen LogP contribution >= 0.6 is 0 Å². The SMILES string of the molecule is Cc1ccc([C@@H](Oc2cc(-c3ccc(CC(N)C(=O)O)cc3)nc(N)n2)C(F)(F)F)cc1. The van der Waals surface area contributed by atoms with Crippen molar-refractivity contribution in [1.29, 1.82) is 0 Å². The highest BCUT2D eigenvalue weighted by Gasteiger charge is 2.43. The molecule has 0 aliphatic heterocycles. The van der Waals surface area contributed by atoms with E-state index in [-0.39, 0.29) is 29.5 Å². The molecule has 1 heterocycles. The van der Waals surface area contributed by atoms with Crippen LogP contribution < -0.4 is 16.2 Å². The lowest BCUT2D eigenvalue weighted by Crippen LogP contribution is -2.32. The molecule has 0 radical (unpaired) electrons. The van der Waals surface area contributed by atoms with Gasteiger partial charge in [0, 0.05) is 17.2 Å². The van der Waals surface area contributed by atoms with E-state index in [1.165, 1.54) is 18.2 Å². The Bertz CT molecular complexity index is 1090. The first-order valence-corrected chi connectivity index (χ1v) is 9.55. The van der Waals surface area contributed by atoms with Gasteiger partial charge in [0.15, 0.2) is 0 Å². The number of nitrogens with two attached hydrogens (primary N) is 2. The molecule has 10 heteroatoms. The number of aryl methyl sites for hydroxylation is 1. The van der Waals surface area contributed by atoms with Gasteiger partial charge >= 0.3 is 12.1 Å². The first-order valence-electron chi connectivity index (χ1n) is 9.55. The number of alkyl halides is 3.